The molecule has 6 nitrogen and oxygen atoms in total. The molecule has 7 heteroatoms. The average Bonchev–Trinajstić information content (AvgIpc) is 3.01. The summed E-state index contributed by atoms with van der Waals surface area (Å²) in [5.41, 5.74) is 2.15. The van der Waals surface area contributed by atoms with Gasteiger partial charge in [-0.15, -0.1) is 0 Å². The summed E-state index contributed by atoms with van der Waals surface area (Å²) in [6, 6.07) is 7.99. The standard InChI is InChI=1S/C21H33N3O3S/c1-16(20(25)22-18-7-5-17(6-8-18)21(2,3)4)23-10-12-24(13-11-23)19-9-14-28(26,27)15-19/h5-8,16,19H,9-15H2,1-4H3,(H,22,25)/t16-,19+/m0/s1. The molecule has 0 unspecified atom stereocenters. The minimum atomic E-state index is -2.85. The first-order valence-corrected chi connectivity index (χ1v) is 12.0. The molecule has 1 aromatic carbocycles. The number of hydrogen-bond donors (Lipinski definition) is 1. The predicted molar refractivity (Wildman–Crippen MR) is 113 cm³/mol. The third kappa shape index (κ3) is 5.13. The molecule has 28 heavy (non-hydrogen) atoms. The SMILES string of the molecule is C[C@@H](C(=O)Nc1ccc(C(C)(C)C)cc1)N1CCN([C@@H]2CCS(=O)(=O)C2)CC1. The molecule has 0 saturated carbocycles. The fourth-order valence-corrected chi connectivity index (χ4v) is 5.78. The lowest BCUT2D eigenvalue weighted by atomic mass is 9.87. The van der Waals surface area contributed by atoms with Gasteiger partial charge >= 0.3 is 0 Å². The summed E-state index contributed by atoms with van der Waals surface area (Å²) in [6.45, 7) is 11.7. The summed E-state index contributed by atoms with van der Waals surface area (Å²) < 4.78 is 23.4. The van der Waals surface area contributed by atoms with E-state index in [0.29, 0.717) is 5.75 Å². The van der Waals surface area contributed by atoms with Crippen molar-refractivity contribution in [2.75, 3.05) is 43.0 Å². The second-order valence-corrected chi connectivity index (χ2v) is 11.4. The Bertz CT molecular complexity index is 791. The molecule has 2 heterocycles. The number of carbonyl (C=O) groups is 1. The van der Waals surface area contributed by atoms with Gasteiger partial charge in [0.2, 0.25) is 5.91 Å². The topological polar surface area (TPSA) is 69.7 Å². The number of sulfone groups is 1. The Labute approximate surface area is 169 Å². The van der Waals surface area contributed by atoms with Gasteiger partial charge in [-0.1, -0.05) is 32.9 Å². The predicted octanol–water partition coefficient (Wildman–Crippen LogP) is 2.12. The lowest BCUT2D eigenvalue weighted by Crippen LogP contribution is -2.55. The van der Waals surface area contributed by atoms with E-state index in [1.54, 1.807) is 0 Å². The number of carbonyl (C=O) groups excluding carboxylic acids is 1. The number of rotatable bonds is 4. The number of nitrogens with zero attached hydrogens (tertiary/aromatic N) is 2. The van der Waals surface area contributed by atoms with Crippen LogP contribution in [0.5, 0.6) is 0 Å². The second kappa shape index (κ2) is 8.13. The second-order valence-electron chi connectivity index (χ2n) is 9.12. The molecule has 0 aliphatic carbocycles. The molecule has 1 N–H and O–H groups in total. The smallest absolute Gasteiger partial charge is 0.241 e. The number of hydrogen-bond acceptors (Lipinski definition) is 5. The Morgan fingerprint density at radius 3 is 2.21 bits per heavy atom. The van der Waals surface area contributed by atoms with E-state index in [1.165, 1.54) is 5.56 Å². The quantitative estimate of drug-likeness (QED) is 0.828. The maximum atomic E-state index is 12.7. The number of anilines is 1. The molecule has 0 spiro atoms. The zero-order valence-electron chi connectivity index (χ0n) is 17.4. The summed E-state index contributed by atoms with van der Waals surface area (Å²) in [7, 11) is -2.85. The highest BCUT2D eigenvalue weighted by molar-refractivity contribution is 7.91. The van der Waals surface area contributed by atoms with E-state index >= 15 is 0 Å². The first-order valence-electron chi connectivity index (χ1n) is 10.2. The normalized spacial score (nSPS) is 24.8. The van der Waals surface area contributed by atoms with E-state index in [0.717, 1.165) is 38.3 Å². The van der Waals surface area contributed by atoms with Crippen molar-refractivity contribution >= 4 is 21.4 Å². The molecule has 2 aliphatic rings. The van der Waals surface area contributed by atoms with Gasteiger partial charge in [-0.25, -0.2) is 8.42 Å². The number of piperazine rings is 1. The van der Waals surface area contributed by atoms with Crippen molar-refractivity contribution in [2.24, 2.45) is 0 Å². The van der Waals surface area contributed by atoms with Gasteiger partial charge < -0.3 is 5.32 Å². The molecule has 2 aliphatic heterocycles. The number of benzene rings is 1. The summed E-state index contributed by atoms with van der Waals surface area (Å²) in [5, 5.41) is 3.02. The van der Waals surface area contributed by atoms with Crippen molar-refractivity contribution in [1.82, 2.24) is 9.80 Å². The molecular weight excluding hydrogens is 374 g/mol. The van der Waals surface area contributed by atoms with Crippen LogP contribution in [0, 0.1) is 0 Å². The highest BCUT2D eigenvalue weighted by atomic mass is 32.2. The maximum Gasteiger partial charge on any atom is 0.241 e. The molecule has 1 amide bonds. The van der Waals surface area contributed by atoms with E-state index in [-0.39, 0.29) is 29.2 Å². The van der Waals surface area contributed by atoms with Crippen molar-refractivity contribution in [2.45, 2.75) is 51.6 Å². The van der Waals surface area contributed by atoms with Crippen molar-refractivity contribution in [3.63, 3.8) is 0 Å². The minimum absolute atomic E-state index is 0.000373. The van der Waals surface area contributed by atoms with Crippen LogP contribution in [0.2, 0.25) is 0 Å². The third-order valence-corrected chi connectivity index (χ3v) is 7.77. The Kier molecular flexibility index (Phi) is 6.17. The van der Waals surface area contributed by atoms with E-state index < -0.39 is 9.84 Å². The minimum Gasteiger partial charge on any atom is -0.325 e. The summed E-state index contributed by atoms with van der Waals surface area (Å²) in [4.78, 5) is 17.1. The van der Waals surface area contributed by atoms with Crippen LogP contribution in [0.1, 0.15) is 39.7 Å². The van der Waals surface area contributed by atoms with Crippen LogP contribution in [0.4, 0.5) is 5.69 Å². The van der Waals surface area contributed by atoms with Gasteiger partial charge in [0, 0.05) is 37.9 Å². The van der Waals surface area contributed by atoms with E-state index in [9.17, 15) is 13.2 Å². The highest BCUT2D eigenvalue weighted by Crippen LogP contribution is 2.24. The Hall–Kier alpha value is -1.44. The molecule has 2 saturated heterocycles. The van der Waals surface area contributed by atoms with E-state index in [1.807, 2.05) is 19.1 Å². The fourth-order valence-electron chi connectivity index (χ4n) is 4.02. The van der Waals surface area contributed by atoms with Gasteiger partial charge in [0.15, 0.2) is 9.84 Å². The van der Waals surface area contributed by atoms with Gasteiger partial charge in [-0.2, -0.15) is 0 Å². The van der Waals surface area contributed by atoms with Crippen LogP contribution >= 0.6 is 0 Å². The average molecular weight is 408 g/mol. The lowest BCUT2D eigenvalue weighted by molar-refractivity contribution is -0.121. The fraction of sp³-hybridized carbons (Fsp3) is 0.667. The van der Waals surface area contributed by atoms with Crippen LogP contribution in [-0.4, -0.2) is 73.9 Å². The van der Waals surface area contributed by atoms with Gasteiger partial charge in [0.05, 0.1) is 17.5 Å². The summed E-state index contributed by atoms with van der Waals surface area (Å²) in [5.74, 6) is 0.596. The van der Waals surface area contributed by atoms with Crippen LogP contribution in [0.15, 0.2) is 24.3 Å². The molecular formula is C21H33N3O3S. The van der Waals surface area contributed by atoms with Crippen LogP contribution in [-0.2, 0) is 20.0 Å². The molecule has 156 valence electrons. The Morgan fingerprint density at radius 1 is 1.11 bits per heavy atom. The van der Waals surface area contributed by atoms with Gasteiger partial charge in [-0.3, -0.25) is 14.6 Å². The highest BCUT2D eigenvalue weighted by Gasteiger charge is 2.35. The first kappa shape index (κ1) is 21.3. The summed E-state index contributed by atoms with van der Waals surface area (Å²) >= 11 is 0. The number of nitrogens with one attached hydrogen (secondary N) is 1. The lowest BCUT2D eigenvalue weighted by Gasteiger charge is -2.39. The monoisotopic (exact) mass is 407 g/mol. The third-order valence-electron chi connectivity index (χ3n) is 6.02. The van der Waals surface area contributed by atoms with Crippen molar-refractivity contribution in [1.29, 1.82) is 0 Å². The van der Waals surface area contributed by atoms with Crippen LogP contribution < -0.4 is 5.32 Å². The van der Waals surface area contributed by atoms with Gasteiger partial charge in [0.1, 0.15) is 0 Å². The van der Waals surface area contributed by atoms with Crippen molar-refractivity contribution in [3.05, 3.63) is 29.8 Å². The van der Waals surface area contributed by atoms with Crippen molar-refractivity contribution in [3.8, 4) is 0 Å². The van der Waals surface area contributed by atoms with Gasteiger partial charge in [0.25, 0.3) is 0 Å². The molecule has 2 atom stereocenters. The zero-order valence-corrected chi connectivity index (χ0v) is 18.3. The molecule has 3 rings (SSSR count). The maximum absolute atomic E-state index is 12.7. The molecule has 0 aromatic heterocycles. The molecule has 1 aromatic rings. The molecule has 2 fully saturated rings. The molecule has 0 radical (unpaired) electrons. The Morgan fingerprint density at radius 2 is 1.71 bits per heavy atom. The molecule has 0 bridgehead atoms. The van der Waals surface area contributed by atoms with Gasteiger partial charge in [-0.05, 0) is 36.5 Å². The Balaban J connectivity index is 1.50. The van der Waals surface area contributed by atoms with E-state index in [2.05, 4.69) is 48.0 Å². The van der Waals surface area contributed by atoms with E-state index in [4.69, 9.17) is 0 Å². The van der Waals surface area contributed by atoms with Crippen LogP contribution in [0.25, 0.3) is 0 Å². The van der Waals surface area contributed by atoms with Crippen molar-refractivity contribution < 1.29 is 13.2 Å². The summed E-state index contributed by atoms with van der Waals surface area (Å²) in [6.07, 6.45) is 0.739. The zero-order chi connectivity index (χ0) is 20.5. The largest absolute Gasteiger partial charge is 0.325 e. The number of amides is 1. The van der Waals surface area contributed by atoms with Crippen LogP contribution in [0.3, 0.4) is 0 Å². The first-order chi connectivity index (χ1) is 13.0.